The highest BCUT2D eigenvalue weighted by Crippen LogP contribution is 2.40. The molecule has 4 rings (SSSR count). The molecule has 1 aliphatic rings. The van der Waals surface area contributed by atoms with Crippen molar-refractivity contribution in [3.63, 3.8) is 0 Å². The van der Waals surface area contributed by atoms with Crippen LogP contribution in [0, 0.1) is 6.92 Å². The van der Waals surface area contributed by atoms with Gasteiger partial charge in [-0.15, -0.1) is 22.7 Å². The first-order chi connectivity index (χ1) is 10.2. The van der Waals surface area contributed by atoms with Crippen LogP contribution in [0.5, 0.6) is 5.75 Å². The summed E-state index contributed by atoms with van der Waals surface area (Å²) in [5, 5.41) is 14.4. The standard InChI is InChI=1S/C16H17NO2S2/c1-9-17-15-14(21-9)8-13(10-6-7-20-16(10)15)19-12-5-3-2-4-11(12)18/h6-8,11-12,18H,2-5H2,1H3/t11-,12-/m1/s1. The van der Waals surface area contributed by atoms with Crippen molar-refractivity contribution in [2.45, 2.75) is 44.8 Å². The second-order valence-electron chi connectivity index (χ2n) is 5.63. The molecule has 1 fully saturated rings. The Kier molecular flexibility index (Phi) is 3.36. The molecular weight excluding hydrogens is 302 g/mol. The minimum atomic E-state index is -0.341. The number of benzene rings is 1. The number of aryl methyl sites for hydroxylation is 1. The maximum absolute atomic E-state index is 10.1. The normalized spacial score (nSPS) is 23.0. The Morgan fingerprint density at radius 3 is 3.05 bits per heavy atom. The van der Waals surface area contributed by atoms with Crippen molar-refractivity contribution >= 4 is 43.0 Å². The van der Waals surface area contributed by atoms with E-state index in [1.165, 1.54) is 9.40 Å². The Bertz CT molecular complexity index is 792. The fourth-order valence-corrected chi connectivity index (χ4v) is 4.90. The molecule has 0 saturated heterocycles. The van der Waals surface area contributed by atoms with Crippen molar-refractivity contribution in [3.05, 3.63) is 22.5 Å². The second kappa shape index (κ2) is 5.23. The van der Waals surface area contributed by atoms with E-state index in [1.807, 2.05) is 6.92 Å². The Morgan fingerprint density at radius 2 is 2.19 bits per heavy atom. The van der Waals surface area contributed by atoms with Crippen LogP contribution in [0.15, 0.2) is 17.5 Å². The molecule has 0 spiro atoms. The number of aliphatic hydroxyl groups excluding tert-OH is 1. The molecule has 110 valence electrons. The quantitative estimate of drug-likeness (QED) is 0.756. The molecule has 0 amide bonds. The largest absolute Gasteiger partial charge is 0.487 e. The van der Waals surface area contributed by atoms with Crippen molar-refractivity contribution in [1.29, 1.82) is 0 Å². The van der Waals surface area contributed by atoms with Crippen molar-refractivity contribution in [2.24, 2.45) is 0 Å². The maximum atomic E-state index is 10.1. The smallest absolute Gasteiger partial charge is 0.130 e. The van der Waals surface area contributed by atoms with Gasteiger partial charge in [0.1, 0.15) is 11.9 Å². The lowest BCUT2D eigenvalue weighted by atomic mass is 9.95. The van der Waals surface area contributed by atoms with Crippen LogP contribution in [0.25, 0.3) is 20.3 Å². The van der Waals surface area contributed by atoms with Gasteiger partial charge in [0.05, 0.1) is 26.0 Å². The van der Waals surface area contributed by atoms with Gasteiger partial charge in [-0.3, -0.25) is 0 Å². The Hall–Kier alpha value is -1.17. The van der Waals surface area contributed by atoms with Crippen LogP contribution < -0.4 is 4.74 Å². The monoisotopic (exact) mass is 319 g/mol. The SMILES string of the molecule is Cc1nc2c(cc(O[C@@H]3CCCC[C@H]3O)c3ccsc32)s1. The predicted molar refractivity (Wildman–Crippen MR) is 88.6 cm³/mol. The van der Waals surface area contributed by atoms with Crippen LogP contribution in [-0.4, -0.2) is 22.3 Å². The lowest BCUT2D eigenvalue weighted by Crippen LogP contribution is -2.34. The van der Waals surface area contributed by atoms with E-state index in [9.17, 15) is 5.11 Å². The number of ether oxygens (including phenoxy) is 1. The molecule has 21 heavy (non-hydrogen) atoms. The van der Waals surface area contributed by atoms with Gasteiger partial charge in [0.25, 0.3) is 0 Å². The van der Waals surface area contributed by atoms with Crippen LogP contribution >= 0.6 is 22.7 Å². The Labute approximate surface area is 131 Å². The summed E-state index contributed by atoms with van der Waals surface area (Å²) >= 11 is 3.41. The summed E-state index contributed by atoms with van der Waals surface area (Å²) in [6.07, 6.45) is 3.60. The van der Waals surface area contributed by atoms with Gasteiger partial charge in [0.15, 0.2) is 0 Å². The first-order valence-electron chi connectivity index (χ1n) is 7.34. The highest BCUT2D eigenvalue weighted by Gasteiger charge is 2.25. The lowest BCUT2D eigenvalue weighted by molar-refractivity contribution is 0.00775. The number of aromatic nitrogens is 1. The zero-order valence-electron chi connectivity index (χ0n) is 11.8. The third-order valence-corrected chi connectivity index (χ3v) is 5.95. The zero-order chi connectivity index (χ0) is 14.4. The Morgan fingerprint density at radius 1 is 1.33 bits per heavy atom. The van der Waals surface area contributed by atoms with E-state index in [0.717, 1.165) is 47.3 Å². The van der Waals surface area contributed by atoms with Crippen LogP contribution in [-0.2, 0) is 0 Å². The fourth-order valence-electron chi connectivity index (χ4n) is 3.06. The average Bonchev–Trinajstić information content (AvgIpc) is 3.06. The van der Waals surface area contributed by atoms with E-state index < -0.39 is 0 Å². The summed E-state index contributed by atoms with van der Waals surface area (Å²) in [6.45, 7) is 2.04. The van der Waals surface area contributed by atoms with E-state index in [-0.39, 0.29) is 12.2 Å². The maximum Gasteiger partial charge on any atom is 0.130 e. The highest BCUT2D eigenvalue weighted by molar-refractivity contribution is 7.21. The second-order valence-corrected chi connectivity index (χ2v) is 7.78. The van der Waals surface area contributed by atoms with E-state index >= 15 is 0 Å². The van der Waals surface area contributed by atoms with E-state index in [1.54, 1.807) is 22.7 Å². The molecule has 3 nitrogen and oxygen atoms in total. The first kappa shape index (κ1) is 13.5. The van der Waals surface area contributed by atoms with Gasteiger partial charge in [-0.1, -0.05) is 6.42 Å². The van der Waals surface area contributed by atoms with Crippen LogP contribution in [0.1, 0.15) is 30.7 Å². The molecule has 2 atom stereocenters. The molecule has 5 heteroatoms. The highest BCUT2D eigenvalue weighted by atomic mass is 32.1. The summed E-state index contributed by atoms with van der Waals surface area (Å²) in [5.41, 5.74) is 1.08. The summed E-state index contributed by atoms with van der Waals surface area (Å²) in [6, 6.07) is 4.19. The minimum Gasteiger partial charge on any atom is -0.487 e. The molecule has 2 aromatic heterocycles. The molecule has 0 unspecified atom stereocenters. The molecule has 0 radical (unpaired) electrons. The van der Waals surface area contributed by atoms with Crippen LogP contribution in [0.2, 0.25) is 0 Å². The lowest BCUT2D eigenvalue weighted by Gasteiger charge is -2.28. The predicted octanol–water partition coefficient (Wildman–Crippen LogP) is 4.50. The van der Waals surface area contributed by atoms with Crippen molar-refractivity contribution in [1.82, 2.24) is 4.98 Å². The van der Waals surface area contributed by atoms with Crippen LogP contribution in [0.4, 0.5) is 0 Å². The Balaban J connectivity index is 1.80. The molecule has 1 saturated carbocycles. The average molecular weight is 319 g/mol. The fraction of sp³-hybridized carbons (Fsp3) is 0.438. The number of fused-ring (bicyclic) bond motifs is 3. The molecule has 0 bridgehead atoms. The van der Waals surface area contributed by atoms with Gasteiger partial charge >= 0.3 is 0 Å². The summed E-state index contributed by atoms with van der Waals surface area (Å²) in [4.78, 5) is 4.64. The molecule has 0 aliphatic heterocycles. The molecule has 1 aromatic carbocycles. The van der Waals surface area contributed by atoms with E-state index in [0.29, 0.717) is 0 Å². The molecular formula is C16H17NO2S2. The number of hydrogen-bond acceptors (Lipinski definition) is 5. The van der Waals surface area contributed by atoms with Crippen molar-refractivity contribution in [3.8, 4) is 5.75 Å². The van der Waals surface area contributed by atoms with Gasteiger partial charge in [0, 0.05) is 11.5 Å². The number of rotatable bonds is 2. The van der Waals surface area contributed by atoms with Gasteiger partial charge in [-0.25, -0.2) is 4.98 Å². The molecule has 3 aromatic rings. The first-order valence-corrected chi connectivity index (χ1v) is 9.04. The van der Waals surface area contributed by atoms with Crippen molar-refractivity contribution in [2.75, 3.05) is 0 Å². The summed E-state index contributed by atoms with van der Waals surface area (Å²) in [5.74, 6) is 0.897. The number of aliphatic hydroxyl groups is 1. The number of thiophene rings is 1. The topological polar surface area (TPSA) is 42.4 Å². The molecule has 1 aliphatic carbocycles. The van der Waals surface area contributed by atoms with Gasteiger partial charge < -0.3 is 9.84 Å². The zero-order valence-corrected chi connectivity index (χ0v) is 13.5. The molecule has 2 heterocycles. The minimum absolute atomic E-state index is 0.0756. The van der Waals surface area contributed by atoms with Gasteiger partial charge in [-0.2, -0.15) is 0 Å². The van der Waals surface area contributed by atoms with Crippen LogP contribution in [0.3, 0.4) is 0 Å². The number of nitrogens with zero attached hydrogens (tertiary/aromatic N) is 1. The van der Waals surface area contributed by atoms with Crippen molar-refractivity contribution < 1.29 is 9.84 Å². The third kappa shape index (κ3) is 2.33. The number of thiazole rings is 1. The van der Waals surface area contributed by atoms with E-state index in [4.69, 9.17) is 4.74 Å². The van der Waals surface area contributed by atoms with Gasteiger partial charge in [0.2, 0.25) is 0 Å². The summed E-state index contributed by atoms with van der Waals surface area (Å²) < 4.78 is 8.55. The van der Waals surface area contributed by atoms with E-state index in [2.05, 4.69) is 22.5 Å². The van der Waals surface area contributed by atoms with Gasteiger partial charge in [-0.05, 0) is 37.6 Å². The number of hydrogen-bond donors (Lipinski definition) is 1. The molecule has 1 N–H and O–H groups in total. The summed E-state index contributed by atoms with van der Waals surface area (Å²) in [7, 11) is 0. The third-order valence-electron chi connectivity index (χ3n) is 4.11.